The van der Waals surface area contributed by atoms with Crippen LogP contribution in [-0.4, -0.2) is 89.5 Å². The van der Waals surface area contributed by atoms with Gasteiger partial charge in [-0.05, 0) is 121 Å². The Kier molecular flexibility index (Phi) is 27.7. The molecule has 2 N–H and O–H groups in total. The minimum absolute atomic E-state index is 0.167. The van der Waals surface area contributed by atoms with Crippen molar-refractivity contribution in [3.05, 3.63) is 23.3 Å². The second-order valence-corrected chi connectivity index (χ2v) is 16.2. The number of aliphatic hydroxyl groups excluding tert-OH is 1. The molecule has 0 aromatic carbocycles. The first-order chi connectivity index (χ1) is 27.1. The van der Waals surface area contributed by atoms with E-state index in [9.17, 15) is 29.4 Å². The number of carbonyl (C=O) groups excluding carboxylic acids is 4. The number of likely N-dealkylation sites (tertiary alicyclic amines) is 1. The van der Waals surface area contributed by atoms with E-state index < -0.39 is 47.6 Å². The van der Waals surface area contributed by atoms with Crippen LogP contribution in [0.15, 0.2) is 23.3 Å². The van der Waals surface area contributed by atoms with Crippen LogP contribution in [0.3, 0.4) is 0 Å². The number of Topliss-reactive ketones (excluding diaryl/α,β-unsaturated/α-hetero) is 2. The SMILES string of the molecule is CC.CC.CCC(/C=C(\C)CC(C)CCC(=O)C(/C=C(\C)C(O)[C@H](C)CC[C@@H]1CCC(C)C(O)(C(=O)C(=O)N2CCCCC2C(=O)OC)O1)CC)CC(CC)OC. The van der Waals surface area contributed by atoms with Crippen LogP contribution in [0.5, 0.6) is 0 Å². The summed E-state index contributed by atoms with van der Waals surface area (Å²) in [6, 6.07) is -0.857. The molecule has 0 radical (unpaired) electrons. The number of esters is 1. The first kappa shape index (κ1) is 54.6. The van der Waals surface area contributed by atoms with Gasteiger partial charge >= 0.3 is 5.97 Å². The van der Waals surface area contributed by atoms with Gasteiger partial charge < -0.3 is 29.3 Å². The van der Waals surface area contributed by atoms with E-state index in [1.165, 1.54) is 17.6 Å². The standard InChI is InChI=1S/C43H73NO9.2C2H6/c1-11-33(27-35(13-3)51-9)25-29(5)24-28(4)17-22-38(45)34(12-2)26-31(7)39(46)30(6)18-20-36-21-19-32(8)43(50,53-36)40(47)41(48)44-23-15-14-16-37(44)42(49)52-10;2*1-2/h25-26,28,30,32-37,39,46,50H,11-24,27H2,1-10H3;2*1-2H3/b29-25+,31-26+;;/t28?,30-,32?,33?,34?,35?,36-,37?,39?,43?;;/m1../s1. The van der Waals surface area contributed by atoms with Crippen LogP contribution in [0.2, 0.25) is 0 Å². The molecule has 2 saturated heterocycles. The highest BCUT2D eigenvalue weighted by Crippen LogP contribution is 2.36. The van der Waals surface area contributed by atoms with Crippen molar-refractivity contribution >= 4 is 23.4 Å². The summed E-state index contributed by atoms with van der Waals surface area (Å²) in [7, 11) is 3.04. The van der Waals surface area contributed by atoms with E-state index in [0.717, 1.165) is 44.1 Å². The second kappa shape index (κ2) is 28.9. The van der Waals surface area contributed by atoms with Gasteiger partial charge in [-0.2, -0.15) is 0 Å². The number of ether oxygens (including phenoxy) is 3. The van der Waals surface area contributed by atoms with Gasteiger partial charge in [0.1, 0.15) is 11.8 Å². The van der Waals surface area contributed by atoms with E-state index in [2.05, 4.69) is 33.8 Å². The number of aliphatic hydroxyl groups is 2. The number of ketones is 2. The molecule has 2 heterocycles. The van der Waals surface area contributed by atoms with Crippen molar-refractivity contribution in [3.63, 3.8) is 0 Å². The Morgan fingerprint density at radius 1 is 0.912 bits per heavy atom. The van der Waals surface area contributed by atoms with Crippen molar-refractivity contribution in [3.8, 4) is 0 Å². The Hall–Kier alpha value is -2.40. The van der Waals surface area contributed by atoms with Gasteiger partial charge in [-0.15, -0.1) is 0 Å². The topological polar surface area (TPSA) is 140 Å². The molecule has 8 unspecified atom stereocenters. The van der Waals surface area contributed by atoms with Gasteiger partial charge in [-0.1, -0.05) is 87.0 Å². The number of nitrogens with zero attached hydrogens (tertiary/aromatic N) is 1. The Labute approximate surface area is 347 Å². The maximum atomic E-state index is 13.5. The average molecular weight is 808 g/mol. The van der Waals surface area contributed by atoms with Gasteiger partial charge in [0, 0.05) is 31.9 Å². The summed E-state index contributed by atoms with van der Waals surface area (Å²) < 4.78 is 16.5. The molecule has 10 nitrogen and oxygen atoms in total. The van der Waals surface area contributed by atoms with E-state index in [0.29, 0.717) is 63.2 Å². The molecule has 2 rings (SSSR count). The summed E-state index contributed by atoms with van der Waals surface area (Å²) in [6.45, 7) is 24.5. The molecule has 0 saturated carbocycles. The molecule has 10 atom stereocenters. The molecule has 0 spiro atoms. The van der Waals surface area contributed by atoms with E-state index in [1.54, 1.807) is 14.0 Å². The van der Waals surface area contributed by atoms with Crippen LogP contribution in [0, 0.1) is 29.6 Å². The minimum atomic E-state index is -2.29. The highest BCUT2D eigenvalue weighted by molar-refractivity contribution is 6.39. The molecule has 10 heteroatoms. The Morgan fingerprint density at radius 2 is 1.56 bits per heavy atom. The van der Waals surface area contributed by atoms with Crippen LogP contribution in [0.25, 0.3) is 0 Å². The maximum absolute atomic E-state index is 13.5. The second-order valence-electron chi connectivity index (χ2n) is 16.2. The van der Waals surface area contributed by atoms with Crippen LogP contribution >= 0.6 is 0 Å². The molecular formula is C47H85NO9. The van der Waals surface area contributed by atoms with Crippen molar-refractivity contribution < 1.29 is 43.6 Å². The fourth-order valence-corrected chi connectivity index (χ4v) is 8.11. The molecular weight excluding hydrogens is 723 g/mol. The molecule has 0 bridgehead atoms. The quantitative estimate of drug-likeness (QED) is 0.0622. The summed E-state index contributed by atoms with van der Waals surface area (Å²) in [6.07, 6.45) is 13.3. The number of carbonyl (C=O) groups is 4. The predicted octanol–water partition coefficient (Wildman–Crippen LogP) is 9.58. The first-order valence-electron chi connectivity index (χ1n) is 22.5. The molecule has 1 amide bonds. The number of amides is 1. The molecule has 2 aliphatic rings. The van der Waals surface area contributed by atoms with Crippen LogP contribution in [0.4, 0.5) is 0 Å². The van der Waals surface area contributed by atoms with Crippen molar-refractivity contribution in [2.24, 2.45) is 29.6 Å². The van der Waals surface area contributed by atoms with E-state index in [4.69, 9.17) is 14.2 Å². The zero-order chi connectivity index (χ0) is 43.9. The highest BCUT2D eigenvalue weighted by Gasteiger charge is 2.52. The average Bonchev–Trinajstić information content (AvgIpc) is 3.23. The molecule has 0 aromatic rings. The first-order valence-corrected chi connectivity index (χ1v) is 22.5. The van der Waals surface area contributed by atoms with Gasteiger partial charge in [0.25, 0.3) is 11.7 Å². The summed E-state index contributed by atoms with van der Waals surface area (Å²) in [5.41, 5.74) is 2.13. The third-order valence-corrected chi connectivity index (χ3v) is 11.9. The summed E-state index contributed by atoms with van der Waals surface area (Å²) in [4.78, 5) is 53.7. The van der Waals surface area contributed by atoms with Gasteiger partial charge in [0.05, 0.1) is 25.4 Å². The fraction of sp³-hybridized carbons (Fsp3) is 0.830. The molecule has 0 aliphatic carbocycles. The van der Waals surface area contributed by atoms with E-state index in [-0.39, 0.29) is 30.3 Å². The van der Waals surface area contributed by atoms with Gasteiger partial charge in [-0.3, -0.25) is 14.4 Å². The van der Waals surface area contributed by atoms with E-state index >= 15 is 0 Å². The molecule has 332 valence electrons. The largest absolute Gasteiger partial charge is 0.467 e. The van der Waals surface area contributed by atoms with Gasteiger partial charge in [-0.25, -0.2) is 4.79 Å². The highest BCUT2D eigenvalue weighted by atomic mass is 16.6. The third-order valence-electron chi connectivity index (χ3n) is 11.9. The fourth-order valence-electron chi connectivity index (χ4n) is 8.11. The molecule has 2 fully saturated rings. The summed E-state index contributed by atoms with van der Waals surface area (Å²) >= 11 is 0. The van der Waals surface area contributed by atoms with Crippen molar-refractivity contribution in [2.45, 2.75) is 203 Å². The van der Waals surface area contributed by atoms with Crippen molar-refractivity contribution in [2.75, 3.05) is 20.8 Å². The Morgan fingerprint density at radius 3 is 2.12 bits per heavy atom. The normalized spacial score (nSPS) is 24.6. The lowest BCUT2D eigenvalue weighted by molar-refractivity contribution is -0.264. The summed E-state index contributed by atoms with van der Waals surface area (Å²) in [5.74, 6) is -4.80. The van der Waals surface area contributed by atoms with Gasteiger partial charge in [0.15, 0.2) is 0 Å². The molecule has 2 aliphatic heterocycles. The number of rotatable bonds is 22. The lowest BCUT2D eigenvalue weighted by Gasteiger charge is -2.42. The monoisotopic (exact) mass is 808 g/mol. The molecule has 0 aromatic heterocycles. The zero-order valence-corrected chi connectivity index (χ0v) is 38.7. The van der Waals surface area contributed by atoms with Crippen LogP contribution in [-0.2, 0) is 33.4 Å². The lowest BCUT2D eigenvalue weighted by Crippen LogP contribution is -2.60. The van der Waals surface area contributed by atoms with Crippen LogP contribution < -0.4 is 0 Å². The maximum Gasteiger partial charge on any atom is 0.328 e. The van der Waals surface area contributed by atoms with Crippen molar-refractivity contribution in [1.82, 2.24) is 4.90 Å². The Balaban J connectivity index is 0.00000758. The third kappa shape index (κ3) is 17.4. The Bertz CT molecular complexity index is 1240. The number of hydrogen-bond acceptors (Lipinski definition) is 9. The molecule has 57 heavy (non-hydrogen) atoms. The number of allylic oxidation sites excluding steroid dienone is 3. The zero-order valence-electron chi connectivity index (χ0n) is 38.7. The number of piperidine rings is 1. The van der Waals surface area contributed by atoms with E-state index in [1.807, 2.05) is 54.5 Å². The van der Waals surface area contributed by atoms with Crippen molar-refractivity contribution in [1.29, 1.82) is 0 Å². The summed E-state index contributed by atoms with van der Waals surface area (Å²) in [5, 5.41) is 22.7. The van der Waals surface area contributed by atoms with Crippen LogP contribution in [0.1, 0.15) is 173 Å². The smallest absolute Gasteiger partial charge is 0.328 e. The number of methoxy groups -OCH3 is 2. The lowest BCUT2D eigenvalue weighted by atomic mass is 9.84. The minimum Gasteiger partial charge on any atom is -0.467 e. The predicted molar refractivity (Wildman–Crippen MR) is 230 cm³/mol. The number of hydrogen-bond donors (Lipinski definition) is 2. The van der Waals surface area contributed by atoms with Gasteiger partial charge in [0.2, 0.25) is 5.79 Å².